The highest BCUT2D eigenvalue weighted by Gasteiger charge is 2.07. The van der Waals surface area contributed by atoms with Crippen molar-refractivity contribution in [2.45, 2.75) is 0 Å². The minimum absolute atomic E-state index is 0.314. The zero-order valence-electron chi connectivity index (χ0n) is 5.84. The second-order valence-corrected chi connectivity index (χ2v) is 3.13. The number of nitrogens with one attached hydrogen (secondary N) is 1. The number of thiol groups is 1. The average Bonchev–Trinajstić information content (AvgIpc) is 2.03. The minimum atomic E-state index is -0.347. The van der Waals surface area contributed by atoms with Crippen molar-refractivity contribution in [3.63, 3.8) is 0 Å². The third-order valence-electron chi connectivity index (χ3n) is 1.28. The van der Waals surface area contributed by atoms with E-state index in [4.69, 9.17) is 23.2 Å². The van der Waals surface area contributed by atoms with Gasteiger partial charge in [0.2, 0.25) is 0 Å². The molecule has 0 radical (unpaired) electrons. The van der Waals surface area contributed by atoms with Crippen molar-refractivity contribution in [1.29, 1.82) is 0 Å². The zero-order chi connectivity index (χ0) is 9.14. The summed E-state index contributed by atoms with van der Waals surface area (Å²) in [4.78, 5) is 11.0. The molecule has 0 atom stereocenters. The van der Waals surface area contributed by atoms with E-state index in [2.05, 4.69) is 17.5 Å². The third kappa shape index (κ3) is 2.06. The van der Waals surface area contributed by atoms with E-state index in [9.17, 15) is 4.79 Å². The van der Waals surface area contributed by atoms with E-state index in [-0.39, 0.29) is 5.91 Å². The quantitative estimate of drug-likeness (QED) is 0.702. The largest absolute Gasteiger partial charge is 0.299 e. The maximum atomic E-state index is 11.0. The number of amides is 1. The molecule has 12 heavy (non-hydrogen) atoms. The van der Waals surface area contributed by atoms with Gasteiger partial charge in [-0.05, 0) is 18.2 Å². The van der Waals surface area contributed by atoms with Gasteiger partial charge in [0.15, 0.2) is 0 Å². The summed E-state index contributed by atoms with van der Waals surface area (Å²) in [6.45, 7) is 0. The van der Waals surface area contributed by atoms with Crippen LogP contribution in [-0.4, -0.2) is 5.91 Å². The van der Waals surface area contributed by atoms with Crippen LogP contribution in [0.25, 0.3) is 0 Å². The van der Waals surface area contributed by atoms with E-state index in [0.717, 1.165) is 0 Å². The molecule has 0 fully saturated rings. The molecule has 0 aliphatic rings. The van der Waals surface area contributed by atoms with E-state index in [1.54, 1.807) is 6.07 Å². The number of benzene rings is 1. The van der Waals surface area contributed by atoms with Gasteiger partial charge in [0, 0.05) is 5.02 Å². The predicted molar refractivity (Wildman–Crippen MR) is 52.9 cm³/mol. The van der Waals surface area contributed by atoms with Crippen molar-refractivity contribution < 1.29 is 4.79 Å². The average molecular weight is 222 g/mol. The normalized spacial score (nSPS) is 9.58. The first-order valence-corrected chi connectivity index (χ1v) is 4.25. The topological polar surface area (TPSA) is 29.1 Å². The van der Waals surface area contributed by atoms with Crippen LogP contribution in [-0.2, 0) is 0 Å². The number of carbonyl (C=O) groups excluding carboxylic acids is 1. The summed E-state index contributed by atoms with van der Waals surface area (Å²) in [7, 11) is 0. The number of hydrogen-bond acceptors (Lipinski definition) is 2. The lowest BCUT2D eigenvalue weighted by Crippen LogP contribution is -2.12. The molecule has 1 aromatic carbocycles. The van der Waals surface area contributed by atoms with Gasteiger partial charge in [-0.1, -0.05) is 36.0 Å². The summed E-state index contributed by atoms with van der Waals surface area (Å²) in [5, 5.41) is 0.810. The fourth-order valence-corrected chi connectivity index (χ4v) is 1.35. The van der Waals surface area contributed by atoms with Crippen molar-refractivity contribution in [1.82, 2.24) is 4.72 Å². The monoisotopic (exact) mass is 221 g/mol. The SMILES string of the molecule is O=C(NS)c1ccc(Cl)cc1Cl. The van der Waals surface area contributed by atoms with Crippen LogP contribution in [0.5, 0.6) is 0 Å². The Kier molecular flexibility index (Phi) is 3.26. The summed E-state index contributed by atoms with van der Waals surface area (Å²) >= 11 is 15.0. The van der Waals surface area contributed by atoms with Crippen molar-refractivity contribution in [2.24, 2.45) is 0 Å². The summed E-state index contributed by atoms with van der Waals surface area (Å²) in [5.41, 5.74) is 0.357. The molecule has 0 aromatic heterocycles. The lowest BCUT2D eigenvalue weighted by atomic mass is 10.2. The number of halogens is 2. The Labute approximate surface area is 85.4 Å². The summed E-state index contributed by atoms with van der Waals surface area (Å²) in [6, 6.07) is 4.63. The van der Waals surface area contributed by atoms with E-state index in [1.165, 1.54) is 12.1 Å². The fraction of sp³-hybridized carbons (Fsp3) is 0. The molecule has 0 saturated carbocycles. The lowest BCUT2D eigenvalue weighted by molar-refractivity contribution is 0.0985. The molecule has 0 unspecified atom stereocenters. The molecule has 0 aliphatic heterocycles. The van der Waals surface area contributed by atoms with Crippen LogP contribution in [0.1, 0.15) is 10.4 Å². The molecule has 0 saturated heterocycles. The summed E-state index contributed by atoms with van der Waals surface area (Å²) < 4.78 is 2.17. The molecule has 0 heterocycles. The molecule has 5 heteroatoms. The van der Waals surface area contributed by atoms with Gasteiger partial charge in [-0.2, -0.15) is 0 Å². The summed E-state index contributed by atoms with van der Waals surface area (Å²) in [5.74, 6) is -0.347. The standard InChI is InChI=1S/C7H5Cl2NOS/c8-4-1-2-5(6(9)3-4)7(11)10-12/h1-3,12H,(H,10,11). The van der Waals surface area contributed by atoms with E-state index in [1.807, 2.05) is 0 Å². The van der Waals surface area contributed by atoms with Gasteiger partial charge < -0.3 is 0 Å². The van der Waals surface area contributed by atoms with Crippen molar-refractivity contribution >= 4 is 41.9 Å². The molecule has 1 amide bonds. The molecule has 0 bridgehead atoms. The molecular formula is C7H5Cl2NOS. The number of carbonyl (C=O) groups is 1. The van der Waals surface area contributed by atoms with Crippen molar-refractivity contribution in [2.75, 3.05) is 0 Å². The Bertz CT molecular complexity index is 316. The smallest absolute Gasteiger partial charge is 0.262 e. The van der Waals surface area contributed by atoms with E-state index in [0.29, 0.717) is 15.6 Å². The van der Waals surface area contributed by atoms with Crippen LogP contribution in [0.3, 0.4) is 0 Å². The minimum Gasteiger partial charge on any atom is -0.299 e. The second kappa shape index (κ2) is 4.03. The van der Waals surface area contributed by atoms with Crippen LogP contribution >= 0.6 is 36.0 Å². The Morgan fingerprint density at radius 3 is 2.58 bits per heavy atom. The fourth-order valence-electron chi connectivity index (χ4n) is 0.734. The molecule has 1 N–H and O–H groups in total. The van der Waals surface area contributed by atoms with Crippen LogP contribution in [0.4, 0.5) is 0 Å². The van der Waals surface area contributed by atoms with Gasteiger partial charge in [0.05, 0.1) is 10.6 Å². The molecule has 0 spiro atoms. The van der Waals surface area contributed by atoms with Gasteiger partial charge in [-0.25, -0.2) is 0 Å². The maximum absolute atomic E-state index is 11.0. The molecule has 1 aromatic rings. The molecule has 1 rings (SSSR count). The first kappa shape index (κ1) is 9.71. The Hall–Kier alpha value is -0.380. The van der Waals surface area contributed by atoms with Gasteiger partial charge in [-0.3, -0.25) is 9.52 Å². The Morgan fingerprint density at radius 1 is 1.42 bits per heavy atom. The van der Waals surface area contributed by atoms with Crippen LogP contribution in [0.2, 0.25) is 10.0 Å². The molecule has 0 aliphatic carbocycles. The highest BCUT2D eigenvalue weighted by atomic mass is 35.5. The van der Waals surface area contributed by atoms with Gasteiger partial charge >= 0.3 is 0 Å². The Morgan fingerprint density at radius 2 is 2.08 bits per heavy atom. The number of rotatable bonds is 1. The lowest BCUT2D eigenvalue weighted by Gasteiger charge is -2.01. The zero-order valence-corrected chi connectivity index (χ0v) is 8.25. The van der Waals surface area contributed by atoms with Gasteiger partial charge in [-0.15, -0.1) is 0 Å². The van der Waals surface area contributed by atoms with Crippen molar-refractivity contribution in [3.8, 4) is 0 Å². The maximum Gasteiger partial charge on any atom is 0.262 e. The Balaban J connectivity index is 3.09. The van der Waals surface area contributed by atoms with Gasteiger partial charge in [0.25, 0.3) is 5.91 Å². The highest BCUT2D eigenvalue weighted by Crippen LogP contribution is 2.20. The summed E-state index contributed by atoms with van der Waals surface area (Å²) in [6.07, 6.45) is 0. The second-order valence-electron chi connectivity index (χ2n) is 2.07. The van der Waals surface area contributed by atoms with Gasteiger partial charge in [0.1, 0.15) is 0 Å². The predicted octanol–water partition coefficient (Wildman–Crippen LogP) is 2.57. The number of hydrogen-bond donors (Lipinski definition) is 2. The molecular weight excluding hydrogens is 217 g/mol. The van der Waals surface area contributed by atoms with Crippen molar-refractivity contribution in [3.05, 3.63) is 33.8 Å². The first-order valence-electron chi connectivity index (χ1n) is 3.04. The van der Waals surface area contributed by atoms with E-state index >= 15 is 0 Å². The highest BCUT2D eigenvalue weighted by molar-refractivity contribution is 7.78. The molecule has 2 nitrogen and oxygen atoms in total. The van der Waals surface area contributed by atoms with Crippen LogP contribution in [0.15, 0.2) is 18.2 Å². The van der Waals surface area contributed by atoms with E-state index < -0.39 is 0 Å². The first-order chi connectivity index (χ1) is 5.65. The van der Waals surface area contributed by atoms with Crippen LogP contribution in [0, 0.1) is 0 Å². The molecule has 64 valence electrons. The third-order valence-corrected chi connectivity index (χ3v) is 2.03. The van der Waals surface area contributed by atoms with Crippen LogP contribution < -0.4 is 4.72 Å².